The van der Waals surface area contributed by atoms with Crippen LogP contribution in [0.4, 0.5) is 0 Å². The van der Waals surface area contributed by atoms with E-state index in [-0.39, 0.29) is 4.90 Å². The van der Waals surface area contributed by atoms with E-state index >= 15 is 0 Å². The summed E-state index contributed by atoms with van der Waals surface area (Å²) in [4.78, 5) is 0.928. The van der Waals surface area contributed by atoms with E-state index in [0.717, 1.165) is 4.88 Å². The van der Waals surface area contributed by atoms with Gasteiger partial charge in [0.15, 0.2) is 0 Å². The van der Waals surface area contributed by atoms with Crippen molar-refractivity contribution < 1.29 is 8.42 Å². The zero-order chi connectivity index (χ0) is 12.3. The maximum atomic E-state index is 11.8. The Kier molecular flexibility index (Phi) is 3.61. The Morgan fingerprint density at radius 2 is 1.88 bits per heavy atom. The highest BCUT2D eigenvalue weighted by Crippen LogP contribution is 2.16. The van der Waals surface area contributed by atoms with Crippen molar-refractivity contribution in [2.75, 3.05) is 0 Å². The van der Waals surface area contributed by atoms with E-state index in [4.69, 9.17) is 11.6 Å². The first-order valence-electron chi connectivity index (χ1n) is 4.67. The fraction of sp³-hybridized carbons (Fsp3) is 0. The Labute approximate surface area is 108 Å². The first-order valence-corrected chi connectivity index (χ1v) is 7.37. The maximum absolute atomic E-state index is 11.8. The van der Waals surface area contributed by atoms with Gasteiger partial charge >= 0.3 is 0 Å². The average molecular weight is 286 g/mol. The highest BCUT2D eigenvalue weighted by Gasteiger charge is 2.10. The van der Waals surface area contributed by atoms with Gasteiger partial charge in [-0.05, 0) is 35.7 Å². The Balaban J connectivity index is 2.28. The minimum atomic E-state index is -3.64. The largest absolute Gasteiger partial charge is 0.282 e. The van der Waals surface area contributed by atoms with Gasteiger partial charge in [-0.3, -0.25) is 0 Å². The van der Waals surface area contributed by atoms with Crippen LogP contribution in [0.3, 0.4) is 0 Å². The number of hydrogen-bond donors (Lipinski definition) is 0. The summed E-state index contributed by atoms with van der Waals surface area (Å²) in [5, 5.41) is 2.35. The molecule has 1 heterocycles. The molecule has 1 aromatic heterocycles. The molecule has 0 atom stereocenters. The van der Waals surface area contributed by atoms with Gasteiger partial charge < -0.3 is 0 Å². The van der Waals surface area contributed by atoms with Crippen molar-refractivity contribution >= 4 is 39.2 Å². The minimum absolute atomic E-state index is 0.134. The number of halogens is 1. The highest BCUT2D eigenvalue weighted by molar-refractivity contribution is 7.90. The smallest absolute Gasteiger partial charge is 0.199 e. The topological polar surface area (TPSA) is 46.5 Å². The number of benzene rings is 1. The molecule has 0 unspecified atom stereocenters. The number of thiophene rings is 1. The van der Waals surface area contributed by atoms with Crippen LogP contribution in [0.25, 0.3) is 0 Å². The summed E-state index contributed by atoms with van der Waals surface area (Å²) in [7, 11) is -3.64. The van der Waals surface area contributed by atoms with Crippen LogP contribution in [0, 0.1) is 0 Å². The number of sulfonamides is 1. The fourth-order valence-corrected chi connectivity index (χ4v) is 2.79. The summed E-state index contributed by atoms with van der Waals surface area (Å²) >= 11 is 7.11. The molecule has 88 valence electrons. The van der Waals surface area contributed by atoms with Crippen LogP contribution >= 0.6 is 22.9 Å². The average Bonchev–Trinajstić information content (AvgIpc) is 2.80. The number of rotatable bonds is 3. The number of nitrogens with zero attached hydrogens (tertiary/aromatic N) is 1. The molecule has 0 saturated heterocycles. The van der Waals surface area contributed by atoms with Gasteiger partial charge in [0.2, 0.25) is 0 Å². The van der Waals surface area contributed by atoms with Gasteiger partial charge in [0, 0.05) is 9.90 Å². The van der Waals surface area contributed by atoms with E-state index in [1.54, 1.807) is 6.07 Å². The second-order valence-electron chi connectivity index (χ2n) is 3.18. The van der Waals surface area contributed by atoms with Crippen molar-refractivity contribution in [1.82, 2.24) is 0 Å². The van der Waals surface area contributed by atoms with Gasteiger partial charge in [-0.25, -0.2) is 0 Å². The first-order chi connectivity index (χ1) is 8.08. The lowest BCUT2D eigenvalue weighted by atomic mass is 10.4. The van der Waals surface area contributed by atoms with Crippen molar-refractivity contribution in [3.8, 4) is 0 Å². The van der Waals surface area contributed by atoms with E-state index in [1.807, 2.05) is 11.4 Å². The summed E-state index contributed by atoms with van der Waals surface area (Å²) in [6, 6.07) is 9.55. The third kappa shape index (κ3) is 3.15. The minimum Gasteiger partial charge on any atom is -0.199 e. The second kappa shape index (κ2) is 5.00. The molecule has 0 aliphatic carbocycles. The lowest BCUT2D eigenvalue weighted by molar-refractivity contribution is 0.598. The van der Waals surface area contributed by atoms with Crippen molar-refractivity contribution in [3.63, 3.8) is 0 Å². The molecule has 1 aromatic carbocycles. The van der Waals surface area contributed by atoms with Gasteiger partial charge in [0.25, 0.3) is 10.0 Å². The fourth-order valence-electron chi connectivity index (χ4n) is 1.15. The molecule has 0 spiro atoms. The van der Waals surface area contributed by atoms with E-state index in [2.05, 4.69) is 4.40 Å². The van der Waals surface area contributed by atoms with Crippen molar-refractivity contribution in [2.24, 2.45) is 4.40 Å². The van der Waals surface area contributed by atoms with Crippen LogP contribution in [-0.2, 0) is 10.0 Å². The Morgan fingerprint density at radius 3 is 2.47 bits per heavy atom. The molecule has 0 amide bonds. The van der Waals surface area contributed by atoms with E-state index in [0.29, 0.717) is 5.02 Å². The van der Waals surface area contributed by atoms with Crippen LogP contribution in [0.2, 0.25) is 5.02 Å². The Hall–Kier alpha value is -1.17. The highest BCUT2D eigenvalue weighted by atomic mass is 35.5. The third-order valence-electron chi connectivity index (χ3n) is 1.97. The second-order valence-corrected chi connectivity index (χ2v) is 6.23. The normalized spacial score (nSPS) is 12.1. The molecule has 2 aromatic rings. The zero-order valence-electron chi connectivity index (χ0n) is 8.58. The van der Waals surface area contributed by atoms with Crippen LogP contribution in [0.5, 0.6) is 0 Å². The lowest BCUT2D eigenvalue weighted by Gasteiger charge is -1.97. The van der Waals surface area contributed by atoms with E-state index < -0.39 is 10.0 Å². The predicted octanol–water partition coefficient (Wildman–Crippen LogP) is 3.21. The van der Waals surface area contributed by atoms with Crippen LogP contribution in [-0.4, -0.2) is 14.6 Å². The Morgan fingerprint density at radius 1 is 1.18 bits per heavy atom. The van der Waals surface area contributed by atoms with Gasteiger partial charge in [-0.2, -0.15) is 12.8 Å². The van der Waals surface area contributed by atoms with E-state index in [1.165, 1.54) is 41.8 Å². The molecule has 0 saturated carbocycles. The Bertz CT molecular complexity index is 616. The van der Waals surface area contributed by atoms with Crippen molar-refractivity contribution in [2.45, 2.75) is 4.90 Å². The third-order valence-corrected chi connectivity index (χ3v) is 4.28. The van der Waals surface area contributed by atoms with Crippen LogP contribution in [0.1, 0.15) is 4.88 Å². The van der Waals surface area contributed by atoms with E-state index in [9.17, 15) is 8.42 Å². The standard InChI is InChI=1S/C11H8ClNO2S2/c12-9-3-5-11(6-4-9)17(14,15)13-8-10-2-1-7-16-10/h1-8H. The SMILES string of the molecule is O=S(=O)(N=Cc1cccs1)c1ccc(Cl)cc1. The summed E-state index contributed by atoms with van der Waals surface area (Å²) in [5.74, 6) is 0. The van der Waals surface area contributed by atoms with Crippen molar-refractivity contribution in [3.05, 3.63) is 51.7 Å². The monoisotopic (exact) mass is 285 g/mol. The van der Waals surface area contributed by atoms with Gasteiger partial charge in [0.1, 0.15) is 0 Å². The molecule has 0 aliphatic rings. The molecule has 0 radical (unpaired) electrons. The molecule has 3 nitrogen and oxygen atoms in total. The lowest BCUT2D eigenvalue weighted by Crippen LogP contribution is -1.96. The molecule has 0 fully saturated rings. The zero-order valence-corrected chi connectivity index (χ0v) is 11.0. The summed E-state index contributed by atoms with van der Waals surface area (Å²) in [6.45, 7) is 0. The summed E-state index contributed by atoms with van der Waals surface area (Å²) in [5.41, 5.74) is 0. The molecule has 17 heavy (non-hydrogen) atoms. The molecular formula is C11H8ClNO2S2. The van der Waals surface area contributed by atoms with Crippen LogP contribution < -0.4 is 0 Å². The molecule has 0 N–H and O–H groups in total. The molecule has 6 heteroatoms. The van der Waals surface area contributed by atoms with Gasteiger partial charge in [-0.15, -0.1) is 11.3 Å². The quantitative estimate of drug-likeness (QED) is 0.813. The molecule has 0 bridgehead atoms. The summed E-state index contributed by atoms with van der Waals surface area (Å²) < 4.78 is 27.2. The molecule has 0 aliphatic heterocycles. The number of hydrogen-bond acceptors (Lipinski definition) is 3. The summed E-state index contributed by atoms with van der Waals surface area (Å²) in [6.07, 6.45) is 1.34. The first kappa shape index (κ1) is 12.3. The molecule has 2 rings (SSSR count). The maximum Gasteiger partial charge on any atom is 0.282 e. The van der Waals surface area contributed by atoms with Crippen molar-refractivity contribution in [1.29, 1.82) is 0 Å². The van der Waals surface area contributed by atoms with Crippen LogP contribution in [0.15, 0.2) is 51.1 Å². The predicted molar refractivity (Wildman–Crippen MR) is 70.6 cm³/mol. The molecular weight excluding hydrogens is 278 g/mol. The van der Waals surface area contributed by atoms with Gasteiger partial charge in [-0.1, -0.05) is 17.7 Å². The van der Waals surface area contributed by atoms with Gasteiger partial charge in [0.05, 0.1) is 11.1 Å².